The highest BCUT2D eigenvalue weighted by atomic mass is 16.5. The second kappa shape index (κ2) is 9.67. The number of hydrogen-bond donors (Lipinski definition) is 0. The van der Waals surface area contributed by atoms with Crippen molar-refractivity contribution in [3.05, 3.63) is 30.0 Å². The number of nitrogens with zero attached hydrogens (tertiary/aromatic N) is 4. The van der Waals surface area contributed by atoms with Crippen LogP contribution >= 0.6 is 0 Å². The lowest BCUT2D eigenvalue weighted by Gasteiger charge is -2.26. The van der Waals surface area contributed by atoms with Gasteiger partial charge in [-0.25, -0.2) is 14.8 Å². The second-order valence-corrected chi connectivity index (χ2v) is 7.28. The fraction of sp³-hybridized carbons (Fsp3) is 0.545. The first kappa shape index (κ1) is 21.0. The summed E-state index contributed by atoms with van der Waals surface area (Å²) < 4.78 is 5.23. The highest BCUT2D eigenvalue weighted by molar-refractivity contribution is 5.95. The number of hydrogen-bond acceptors (Lipinski definition) is 6. The van der Waals surface area contributed by atoms with E-state index in [0.29, 0.717) is 31.0 Å². The van der Waals surface area contributed by atoms with Crippen molar-refractivity contribution in [2.24, 2.45) is 5.92 Å². The minimum Gasteiger partial charge on any atom is -0.461 e. The Balaban J connectivity index is 1.88. The minimum absolute atomic E-state index is 0.0807. The topological polar surface area (TPSA) is 75.6 Å². The van der Waals surface area contributed by atoms with Crippen molar-refractivity contribution in [1.29, 1.82) is 0 Å². The van der Waals surface area contributed by atoms with Crippen LogP contribution in [-0.4, -0.2) is 59.5 Å². The van der Waals surface area contributed by atoms with Gasteiger partial charge in [-0.15, -0.1) is 0 Å². The van der Waals surface area contributed by atoms with Crippen LogP contribution in [0, 0.1) is 5.92 Å². The number of carbonyl (C=O) groups excluding carboxylic acids is 2. The van der Waals surface area contributed by atoms with Crippen LogP contribution in [0.15, 0.2) is 24.3 Å². The van der Waals surface area contributed by atoms with E-state index in [9.17, 15) is 9.59 Å². The Morgan fingerprint density at radius 3 is 2.34 bits per heavy atom. The standard InChI is InChI=1S/C22H30N4O3/c1-4-16(5-2)21(27)26-13-9-12-25(14-15-26)20-19(22(28)29-6-3)23-17-10-7-8-11-18(17)24-20/h7-8,10-11,16H,4-6,9,12-15H2,1-3H3. The van der Waals surface area contributed by atoms with Gasteiger partial charge in [0.15, 0.2) is 11.5 Å². The zero-order valence-corrected chi connectivity index (χ0v) is 17.6. The molecule has 2 aromatic rings. The van der Waals surface area contributed by atoms with E-state index in [0.717, 1.165) is 31.3 Å². The summed E-state index contributed by atoms with van der Waals surface area (Å²) in [5, 5.41) is 0. The summed E-state index contributed by atoms with van der Waals surface area (Å²) in [5.41, 5.74) is 1.65. The van der Waals surface area contributed by atoms with Crippen molar-refractivity contribution >= 4 is 28.7 Å². The number of carbonyl (C=O) groups is 2. The molecule has 0 aliphatic carbocycles. The molecule has 1 aromatic heterocycles. The van der Waals surface area contributed by atoms with Gasteiger partial charge < -0.3 is 14.5 Å². The van der Waals surface area contributed by atoms with Gasteiger partial charge in [0.05, 0.1) is 17.6 Å². The number of rotatable bonds is 6. The molecule has 3 rings (SSSR count). The van der Waals surface area contributed by atoms with E-state index >= 15 is 0 Å². The summed E-state index contributed by atoms with van der Waals surface area (Å²) in [4.78, 5) is 38.7. The molecule has 0 N–H and O–H groups in total. The molecule has 1 aliphatic heterocycles. The highest BCUT2D eigenvalue weighted by Crippen LogP contribution is 2.23. The number of esters is 1. The fourth-order valence-electron chi connectivity index (χ4n) is 3.79. The number of amides is 1. The van der Waals surface area contributed by atoms with Crippen molar-refractivity contribution < 1.29 is 14.3 Å². The van der Waals surface area contributed by atoms with Gasteiger partial charge in [0.25, 0.3) is 0 Å². The van der Waals surface area contributed by atoms with E-state index in [1.165, 1.54) is 0 Å². The molecule has 29 heavy (non-hydrogen) atoms. The monoisotopic (exact) mass is 398 g/mol. The molecule has 0 bridgehead atoms. The molecule has 1 aromatic carbocycles. The van der Waals surface area contributed by atoms with Crippen molar-refractivity contribution in [3.63, 3.8) is 0 Å². The Hall–Kier alpha value is -2.70. The molecule has 0 atom stereocenters. The average Bonchev–Trinajstić information content (AvgIpc) is 3.00. The molecule has 1 aliphatic rings. The summed E-state index contributed by atoms with van der Waals surface area (Å²) in [6, 6.07) is 7.51. The van der Waals surface area contributed by atoms with Crippen LogP contribution < -0.4 is 4.90 Å². The van der Waals surface area contributed by atoms with Crippen molar-refractivity contribution in [3.8, 4) is 0 Å². The molecule has 0 unspecified atom stereocenters. The third-order valence-corrected chi connectivity index (χ3v) is 5.46. The van der Waals surface area contributed by atoms with Crippen LogP contribution in [-0.2, 0) is 9.53 Å². The van der Waals surface area contributed by atoms with Crippen LogP contribution in [0.5, 0.6) is 0 Å². The van der Waals surface area contributed by atoms with Gasteiger partial charge in [-0.1, -0.05) is 26.0 Å². The predicted molar refractivity (Wildman–Crippen MR) is 113 cm³/mol. The SMILES string of the molecule is CCOC(=O)c1nc2ccccc2nc1N1CCCN(C(=O)C(CC)CC)CC1. The summed E-state index contributed by atoms with van der Waals surface area (Å²) in [6.07, 6.45) is 2.54. The molecule has 7 nitrogen and oxygen atoms in total. The molecule has 1 fully saturated rings. The number of benzene rings is 1. The van der Waals surface area contributed by atoms with Crippen LogP contribution in [0.2, 0.25) is 0 Å². The molecule has 0 saturated carbocycles. The van der Waals surface area contributed by atoms with Crippen molar-refractivity contribution in [2.75, 3.05) is 37.7 Å². The Morgan fingerprint density at radius 1 is 1.00 bits per heavy atom. The van der Waals surface area contributed by atoms with Gasteiger partial charge in [-0.3, -0.25) is 4.79 Å². The van der Waals surface area contributed by atoms with Crippen LogP contribution in [0.25, 0.3) is 11.0 Å². The zero-order chi connectivity index (χ0) is 20.8. The van der Waals surface area contributed by atoms with Gasteiger partial charge in [0, 0.05) is 32.1 Å². The van der Waals surface area contributed by atoms with Crippen molar-refractivity contribution in [1.82, 2.24) is 14.9 Å². The van der Waals surface area contributed by atoms with Gasteiger partial charge in [-0.05, 0) is 38.3 Å². The molecular weight excluding hydrogens is 368 g/mol. The molecule has 2 heterocycles. The van der Waals surface area contributed by atoms with Crippen LogP contribution in [0.1, 0.15) is 50.5 Å². The smallest absolute Gasteiger partial charge is 0.360 e. The molecule has 1 saturated heterocycles. The van der Waals surface area contributed by atoms with E-state index in [-0.39, 0.29) is 24.1 Å². The Labute approximate surface area is 172 Å². The summed E-state index contributed by atoms with van der Waals surface area (Å²) in [7, 11) is 0. The number of para-hydroxylation sites is 2. The number of ether oxygens (including phenoxy) is 1. The first-order valence-corrected chi connectivity index (χ1v) is 10.6. The predicted octanol–water partition coefficient (Wildman–Crippen LogP) is 3.28. The largest absolute Gasteiger partial charge is 0.461 e. The molecule has 0 spiro atoms. The Bertz CT molecular complexity index is 866. The van der Waals surface area contributed by atoms with E-state index in [2.05, 4.69) is 23.7 Å². The number of aromatic nitrogens is 2. The van der Waals surface area contributed by atoms with Gasteiger partial charge in [0.1, 0.15) is 0 Å². The number of fused-ring (bicyclic) bond motifs is 1. The first-order valence-electron chi connectivity index (χ1n) is 10.6. The molecule has 0 radical (unpaired) electrons. The van der Waals surface area contributed by atoms with E-state index < -0.39 is 5.97 Å². The lowest BCUT2D eigenvalue weighted by molar-refractivity contribution is -0.135. The quantitative estimate of drug-likeness (QED) is 0.695. The molecule has 7 heteroatoms. The maximum atomic E-state index is 12.8. The normalized spacial score (nSPS) is 14.9. The first-order chi connectivity index (χ1) is 14.1. The van der Waals surface area contributed by atoms with E-state index in [1.807, 2.05) is 29.2 Å². The summed E-state index contributed by atoms with van der Waals surface area (Å²) in [5.74, 6) is 0.387. The fourth-order valence-corrected chi connectivity index (χ4v) is 3.79. The zero-order valence-electron chi connectivity index (χ0n) is 17.6. The van der Waals surface area contributed by atoms with Crippen LogP contribution in [0.4, 0.5) is 5.82 Å². The molecule has 156 valence electrons. The highest BCUT2D eigenvalue weighted by Gasteiger charge is 2.27. The minimum atomic E-state index is -0.463. The number of anilines is 1. The van der Waals surface area contributed by atoms with Gasteiger partial charge in [-0.2, -0.15) is 0 Å². The maximum Gasteiger partial charge on any atom is 0.360 e. The van der Waals surface area contributed by atoms with E-state index in [4.69, 9.17) is 9.72 Å². The third-order valence-electron chi connectivity index (χ3n) is 5.46. The average molecular weight is 399 g/mol. The molecule has 1 amide bonds. The Kier molecular flexibility index (Phi) is 7.01. The van der Waals surface area contributed by atoms with Gasteiger partial charge in [0.2, 0.25) is 5.91 Å². The van der Waals surface area contributed by atoms with Crippen molar-refractivity contribution in [2.45, 2.75) is 40.0 Å². The second-order valence-electron chi connectivity index (χ2n) is 7.28. The summed E-state index contributed by atoms with van der Waals surface area (Å²) in [6.45, 7) is 8.86. The maximum absolute atomic E-state index is 12.8. The lowest BCUT2D eigenvalue weighted by Crippen LogP contribution is -2.39. The molecular formula is C22H30N4O3. The Morgan fingerprint density at radius 2 is 1.69 bits per heavy atom. The summed E-state index contributed by atoms with van der Waals surface area (Å²) >= 11 is 0. The van der Waals surface area contributed by atoms with Crippen LogP contribution in [0.3, 0.4) is 0 Å². The third kappa shape index (κ3) is 4.66. The lowest BCUT2D eigenvalue weighted by atomic mass is 10.0. The van der Waals surface area contributed by atoms with E-state index in [1.54, 1.807) is 6.92 Å². The van der Waals surface area contributed by atoms with Gasteiger partial charge >= 0.3 is 5.97 Å².